The lowest BCUT2D eigenvalue weighted by Crippen LogP contribution is -2.51. The van der Waals surface area contributed by atoms with Crippen molar-refractivity contribution in [1.29, 1.82) is 0 Å². The van der Waals surface area contributed by atoms with Crippen LogP contribution in [0.2, 0.25) is 10.0 Å². The maximum atomic E-state index is 12.6. The second-order valence-corrected chi connectivity index (χ2v) is 5.77. The van der Waals surface area contributed by atoms with Gasteiger partial charge < -0.3 is 16.0 Å². The van der Waals surface area contributed by atoms with Gasteiger partial charge in [-0.2, -0.15) is 0 Å². The van der Waals surface area contributed by atoms with Crippen molar-refractivity contribution in [3.63, 3.8) is 0 Å². The molecular formula is C14H17Cl2N3O2. The van der Waals surface area contributed by atoms with Crippen LogP contribution in [0.4, 0.5) is 5.69 Å². The Morgan fingerprint density at radius 3 is 2.67 bits per heavy atom. The number of carbonyl (C=O) groups excluding carboxylic acids is 2. The van der Waals surface area contributed by atoms with E-state index in [0.717, 1.165) is 12.8 Å². The number of nitrogens with one attached hydrogen (secondary N) is 1. The Morgan fingerprint density at radius 2 is 2.05 bits per heavy atom. The van der Waals surface area contributed by atoms with Crippen LogP contribution in [0.15, 0.2) is 12.1 Å². The van der Waals surface area contributed by atoms with Crippen molar-refractivity contribution >= 4 is 40.7 Å². The number of piperidine rings is 1. The first-order valence-corrected chi connectivity index (χ1v) is 7.48. The van der Waals surface area contributed by atoms with Gasteiger partial charge in [-0.1, -0.05) is 23.2 Å². The molecule has 1 aliphatic rings. The predicted octanol–water partition coefficient (Wildman–Crippen LogP) is 2.32. The number of hydrogen-bond donors (Lipinski definition) is 2. The summed E-state index contributed by atoms with van der Waals surface area (Å²) in [5, 5.41) is 3.06. The normalized spacial score (nSPS) is 18.4. The molecule has 0 saturated carbocycles. The number of rotatable bonds is 2. The van der Waals surface area contributed by atoms with Crippen molar-refractivity contribution in [2.24, 2.45) is 0 Å². The quantitative estimate of drug-likeness (QED) is 0.817. The van der Waals surface area contributed by atoms with E-state index >= 15 is 0 Å². The van der Waals surface area contributed by atoms with Gasteiger partial charge in [-0.25, -0.2) is 0 Å². The van der Waals surface area contributed by atoms with Crippen LogP contribution in [-0.2, 0) is 4.79 Å². The van der Waals surface area contributed by atoms with Crippen LogP contribution in [0, 0.1) is 0 Å². The Kier molecular flexibility index (Phi) is 4.96. The maximum absolute atomic E-state index is 12.6. The van der Waals surface area contributed by atoms with Crippen LogP contribution in [0.1, 0.15) is 29.6 Å². The molecular weight excluding hydrogens is 313 g/mol. The summed E-state index contributed by atoms with van der Waals surface area (Å²) in [5.41, 5.74) is 6.34. The molecule has 114 valence electrons. The molecule has 1 aliphatic heterocycles. The van der Waals surface area contributed by atoms with E-state index in [4.69, 9.17) is 28.9 Å². The summed E-state index contributed by atoms with van der Waals surface area (Å²) in [6, 6.07) is 2.52. The lowest BCUT2D eigenvalue weighted by Gasteiger charge is -2.34. The predicted molar refractivity (Wildman–Crippen MR) is 83.6 cm³/mol. The third-order valence-electron chi connectivity index (χ3n) is 3.62. The lowest BCUT2D eigenvalue weighted by atomic mass is 10.00. The summed E-state index contributed by atoms with van der Waals surface area (Å²) in [7, 11) is 1.57. The highest BCUT2D eigenvalue weighted by molar-refractivity contribution is 6.43. The van der Waals surface area contributed by atoms with Gasteiger partial charge >= 0.3 is 0 Å². The fourth-order valence-electron chi connectivity index (χ4n) is 2.51. The monoisotopic (exact) mass is 329 g/mol. The van der Waals surface area contributed by atoms with Gasteiger partial charge in [0.2, 0.25) is 5.91 Å². The Morgan fingerprint density at radius 1 is 1.33 bits per heavy atom. The van der Waals surface area contributed by atoms with Crippen molar-refractivity contribution in [3.8, 4) is 0 Å². The van der Waals surface area contributed by atoms with E-state index in [1.165, 1.54) is 12.1 Å². The highest BCUT2D eigenvalue weighted by Crippen LogP contribution is 2.30. The SMILES string of the molecule is CNC(=O)C1CCCCN1C(=O)c1cc(N)c(Cl)c(Cl)c1. The standard InChI is InChI=1S/C14H17Cl2N3O2/c1-18-13(20)11-4-2-3-5-19(11)14(21)8-6-9(15)12(16)10(17)7-8/h6-7,11H,2-5,17H2,1H3,(H,18,20). The molecule has 0 spiro atoms. The molecule has 5 nitrogen and oxygen atoms in total. The van der Waals surface area contributed by atoms with Crippen LogP contribution in [0.3, 0.4) is 0 Å². The van der Waals surface area contributed by atoms with Crippen LogP contribution in [-0.4, -0.2) is 36.3 Å². The molecule has 0 aliphatic carbocycles. The topological polar surface area (TPSA) is 75.4 Å². The number of nitrogens with two attached hydrogens (primary N) is 1. The summed E-state index contributed by atoms with van der Waals surface area (Å²) >= 11 is 11.9. The zero-order chi connectivity index (χ0) is 15.6. The maximum Gasteiger partial charge on any atom is 0.254 e. The summed E-state index contributed by atoms with van der Waals surface area (Å²) in [4.78, 5) is 26.1. The third kappa shape index (κ3) is 3.24. The van der Waals surface area contributed by atoms with Crippen LogP contribution >= 0.6 is 23.2 Å². The van der Waals surface area contributed by atoms with Gasteiger partial charge in [0, 0.05) is 19.2 Å². The number of likely N-dealkylation sites (tertiary alicyclic amines) is 1. The van der Waals surface area contributed by atoms with Crippen molar-refractivity contribution in [1.82, 2.24) is 10.2 Å². The molecule has 21 heavy (non-hydrogen) atoms. The summed E-state index contributed by atoms with van der Waals surface area (Å²) < 4.78 is 0. The molecule has 1 fully saturated rings. The first-order valence-electron chi connectivity index (χ1n) is 6.72. The van der Waals surface area contributed by atoms with Gasteiger partial charge in [-0.05, 0) is 31.4 Å². The molecule has 1 atom stereocenters. The Balaban J connectivity index is 2.31. The highest BCUT2D eigenvalue weighted by atomic mass is 35.5. The minimum Gasteiger partial charge on any atom is -0.397 e. The van der Waals surface area contributed by atoms with E-state index in [9.17, 15) is 9.59 Å². The fourth-order valence-corrected chi connectivity index (χ4v) is 2.85. The molecule has 3 N–H and O–H groups in total. The molecule has 1 saturated heterocycles. The second kappa shape index (κ2) is 6.54. The van der Waals surface area contributed by atoms with Gasteiger partial charge in [0.1, 0.15) is 6.04 Å². The first kappa shape index (κ1) is 15.9. The average molecular weight is 330 g/mol. The number of anilines is 1. The largest absolute Gasteiger partial charge is 0.397 e. The Bertz CT molecular complexity index is 554. The number of halogens is 2. The van der Waals surface area contributed by atoms with Crippen LogP contribution in [0.5, 0.6) is 0 Å². The summed E-state index contributed by atoms with van der Waals surface area (Å²) in [6.45, 7) is 0.539. The lowest BCUT2D eigenvalue weighted by molar-refractivity contribution is -0.126. The zero-order valence-corrected chi connectivity index (χ0v) is 13.2. The fraction of sp³-hybridized carbons (Fsp3) is 0.429. The van der Waals surface area contributed by atoms with Gasteiger partial charge in [0.25, 0.3) is 5.91 Å². The van der Waals surface area contributed by atoms with Crippen molar-refractivity contribution < 1.29 is 9.59 Å². The molecule has 0 aromatic heterocycles. The van der Waals surface area contributed by atoms with E-state index < -0.39 is 6.04 Å². The second-order valence-electron chi connectivity index (χ2n) is 4.99. The Labute approximate surface area is 133 Å². The number of carbonyl (C=O) groups is 2. The third-order valence-corrected chi connectivity index (χ3v) is 4.43. The number of benzene rings is 1. The van der Waals surface area contributed by atoms with Crippen molar-refractivity contribution in [3.05, 3.63) is 27.7 Å². The molecule has 1 heterocycles. The minimum absolute atomic E-state index is 0.156. The number of hydrogen-bond acceptors (Lipinski definition) is 3. The highest BCUT2D eigenvalue weighted by Gasteiger charge is 2.32. The van der Waals surface area contributed by atoms with Gasteiger partial charge in [-0.15, -0.1) is 0 Å². The molecule has 2 rings (SSSR count). The summed E-state index contributed by atoms with van der Waals surface area (Å²) in [5.74, 6) is -0.412. The van der Waals surface area contributed by atoms with Crippen LogP contribution < -0.4 is 11.1 Å². The molecule has 0 radical (unpaired) electrons. The van der Waals surface area contributed by atoms with E-state index in [1.807, 2.05) is 0 Å². The van der Waals surface area contributed by atoms with E-state index in [2.05, 4.69) is 5.32 Å². The van der Waals surface area contributed by atoms with Crippen molar-refractivity contribution in [2.45, 2.75) is 25.3 Å². The van der Waals surface area contributed by atoms with Gasteiger partial charge in [0.05, 0.1) is 15.7 Å². The summed E-state index contributed by atoms with van der Waals surface area (Å²) in [6.07, 6.45) is 2.45. The Hall–Kier alpha value is -1.46. The molecule has 2 amide bonds. The number of nitrogens with zero attached hydrogens (tertiary/aromatic N) is 1. The van der Waals surface area contributed by atoms with E-state index in [0.29, 0.717) is 18.5 Å². The minimum atomic E-state index is -0.452. The molecule has 7 heteroatoms. The molecule has 1 unspecified atom stereocenters. The average Bonchev–Trinajstić information content (AvgIpc) is 2.50. The number of nitrogen functional groups attached to an aromatic ring is 1. The first-order chi connectivity index (χ1) is 9.95. The number of amides is 2. The van der Waals surface area contributed by atoms with Crippen LogP contribution in [0.25, 0.3) is 0 Å². The van der Waals surface area contributed by atoms with E-state index in [-0.39, 0.29) is 27.5 Å². The number of likely N-dealkylation sites (N-methyl/N-ethyl adjacent to an activating group) is 1. The van der Waals surface area contributed by atoms with E-state index in [1.54, 1.807) is 11.9 Å². The smallest absolute Gasteiger partial charge is 0.254 e. The van der Waals surface area contributed by atoms with Crippen molar-refractivity contribution in [2.75, 3.05) is 19.3 Å². The molecule has 0 bridgehead atoms. The van der Waals surface area contributed by atoms with Gasteiger partial charge in [0.15, 0.2) is 0 Å². The molecule has 1 aromatic rings. The van der Waals surface area contributed by atoms with Gasteiger partial charge in [-0.3, -0.25) is 9.59 Å². The molecule has 1 aromatic carbocycles. The zero-order valence-electron chi connectivity index (χ0n) is 11.7.